The minimum absolute atomic E-state index is 0.0910. The molecule has 2 aromatic carbocycles. The smallest absolute Gasteiger partial charge is 0.210 e. The number of nitriles is 1. The van der Waals surface area contributed by atoms with Crippen molar-refractivity contribution in [2.45, 2.75) is 4.34 Å². The van der Waals surface area contributed by atoms with Crippen molar-refractivity contribution in [2.75, 3.05) is 42.1 Å². The normalized spacial score (nSPS) is 12.4. The lowest BCUT2D eigenvalue weighted by Crippen LogP contribution is -2.26. The molecule has 1 aliphatic rings. The summed E-state index contributed by atoms with van der Waals surface area (Å²) in [4.78, 5) is 16.7. The molecule has 8 nitrogen and oxygen atoms in total. The molecule has 32 heavy (non-hydrogen) atoms. The lowest BCUT2D eigenvalue weighted by molar-refractivity contribution is -0.112. The Labute approximate surface area is 194 Å². The molecule has 0 atom stereocenters. The van der Waals surface area contributed by atoms with Crippen molar-refractivity contribution in [1.29, 1.82) is 5.26 Å². The summed E-state index contributed by atoms with van der Waals surface area (Å²) in [6.45, 7) is 0. The van der Waals surface area contributed by atoms with Crippen LogP contribution in [-0.4, -0.2) is 42.9 Å². The highest BCUT2D eigenvalue weighted by atomic mass is 32.2. The predicted octanol–water partition coefficient (Wildman–Crippen LogP) is 4.27. The number of rotatable bonds is 7. The first kappa shape index (κ1) is 21.7. The van der Waals surface area contributed by atoms with Gasteiger partial charge in [-0.15, -0.1) is 10.2 Å². The van der Waals surface area contributed by atoms with Crippen molar-refractivity contribution in [1.82, 2.24) is 10.2 Å². The molecule has 1 aromatic heterocycles. The van der Waals surface area contributed by atoms with Crippen LogP contribution in [0.2, 0.25) is 0 Å². The van der Waals surface area contributed by atoms with Crippen LogP contribution in [0.3, 0.4) is 0 Å². The van der Waals surface area contributed by atoms with E-state index < -0.39 is 0 Å². The Morgan fingerprint density at radius 2 is 1.78 bits per heavy atom. The largest absolute Gasteiger partial charge is 0.495 e. The molecular weight excluding hydrogens is 444 g/mol. The Morgan fingerprint density at radius 3 is 2.44 bits per heavy atom. The van der Waals surface area contributed by atoms with Gasteiger partial charge in [-0.25, -0.2) is 0 Å². The fourth-order valence-corrected chi connectivity index (χ4v) is 5.07. The molecule has 1 N–H and O–H groups in total. The number of ketones is 1. The van der Waals surface area contributed by atoms with E-state index in [4.69, 9.17) is 4.74 Å². The van der Waals surface area contributed by atoms with Gasteiger partial charge in [-0.1, -0.05) is 47.4 Å². The number of ether oxygens (including phenoxy) is 1. The molecule has 0 aliphatic carbocycles. The number of anilines is 4. The minimum atomic E-state index is -0.256. The third-order valence-corrected chi connectivity index (χ3v) is 6.91. The van der Waals surface area contributed by atoms with Gasteiger partial charge in [0.2, 0.25) is 5.13 Å². The van der Waals surface area contributed by atoms with Crippen LogP contribution >= 0.6 is 23.1 Å². The van der Waals surface area contributed by atoms with Crippen LogP contribution in [-0.2, 0) is 4.79 Å². The summed E-state index contributed by atoms with van der Waals surface area (Å²) < 4.78 is 5.97. The van der Waals surface area contributed by atoms with E-state index in [0.717, 1.165) is 17.1 Å². The number of benzene rings is 2. The highest BCUT2D eigenvalue weighted by molar-refractivity contribution is 8.01. The van der Waals surface area contributed by atoms with Gasteiger partial charge in [0.25, 0.3) is 0 Å². The first-order valence-electron chi connectivity index (χ1n) is 9.64. The van der Waals surface area contributed by atoms with Crippen LogP contribution in [0.1, 0.15) is 0 Å². The number of para-hydroxylation sites is 4. The van der Waals surface area contributed by atoms with E-state index in [1.165, 1.54) is 23.1 Å². The summed E-state index contributed by atoms with van der Waals surface area (Å²) in [5, 5.41) is 21.8. The van der Waals surface area contributed by atoms with E-state index in [0.29, 0.717) is 21.0 Å². The Bertz CT molecular complexity index is 1200. The molecular formula is C22H20N6O2S2. The number of methoxy groups -OCH3 is 1. The number of carbonyl (C=O) groups is 1. The number of hydrogen-bond acceptors (Lipinski definition) is 10. The van der Waals surface area contributed by atoms with Crippen molar-refractivity contribution in [2.24, 2.45) is 0 Å². The molecule has 2 heterocycles. The monoisotopic (exact) mass is 464 g/mol. The van der Waals surface area contributed by atoms with Crippen LogP contribution in [0.25, 0.3) is 0 Å². The fraction of sp³-hybridized carbons (Fsp3) is 0.182. The molecule has 4 rings (SSSR count). The van der Waals surface area contributed by atoms with Gasteiger partial charge in [0, 0.05) is 14.1 Å². The summed E-state index contributed by atoms with van der Waals surface area (Å²) in [5.74, 6) is 1.11. The first-order chi connectivity index (χ1) is 15.5. The van der Waals surface area contributed by atoms with Crippen LogP contribution < -0.4 is 19.9 Å². The second-order valence-electron chi connectivity index (χ2n) is 6.83. The third-order valence-electron chi connectivity index (χ3n) is 4.94. The van der Waals surface area contributed by atoms with E-state index >= 15 is 0 Å². The molecule has 0 saturated heterocycles. The molecule has 0 spiro atoms. The molecule has 3 aromatic rings. The lowest BCUT2D eigenvalue weighted by atomic mass is 10.2. The zero-order valence-corrected chi connectivity index (χ0v) is 19.3. The van der Waals surface area contributed by atoms with Crippen LogP contribution in [0.15, 0.2) is 64.3 Å². The average Bonchev–Trinajstić information content (AvgIpc) is 3.36. The number of nitrogens with zero attached hydrogens (tertiary/aromatic N) is 5. The topological polar surface area (TPSA) is 94.4 Å². The number of Topliss-reactive ketones (excluding diaryl/α,β-unsaturated/α-hetero) is 1. The molecule has 0 saturated carbocycles. The zero-order valence-electron chi connectivity index (χ0n) is 17.7. The molecule has 0 radical (unpaired) electrons. The van der Waals surface area contributed by atoms with Gasteiger partial charge in [-0.3, -0.25) is 4.79 Å². The van der Waals surface area contributed by atoms with Crippen molar-refractivity contribution in [3.05, 3.63) is 59.9 Å². The van der Waals surface area contributed by atoms with E-state index in [2.05, 4.69) is 21.6 Å². The Morgan fingerprint density at radius 1 is 1.12 bits per heavy atom. The SMILES string of the molecule is COc1ccccc1Nc1nnc(SCC(=O)C(C#N)=C2N(C)c3ccccc3N2C)s1. The van der Waals surface area contributed by atoms with Crippen molar-refractivity contribution >= 4 is 51.1 Å². The highest BCUT2D eigenvalue weighted by Crippen LogP contribution is 2.40. The van der Waals surface area contributed by atoms with Crippen LogP contribution in [0, 0.1) is 11.3 Å². The summed E-state index contributed by atoms with van der Waals surface area (Å²) in [6, 6.07) is 17.4. The molecule has 1 aliphatic heterocycles. The fourth-order valence-electron chi connectivity index (χ4n) is 3.44. The van der Waals surface area contributed by atoms with Crippen molar-refractivity contribution < 1.29 is 9.53 Å². The molecule has 0 fully saturated rings. The highest BCUT2D eigenvalue weighted by Gasteiger charge is 2.31. The number of fused-ring (bicyclic) bond motifs is 1. The second kappa shape index (κ2) is 9.30. The lowest BCUT2D eigenvalue weighted by Gasteiger charge is -2.19. The number of nitrogens with one attached hydrogen (secondary N) is 1. The van der Waals surface area contributed by atoms with Gasteiger partial charge in [0.1, 0.15) is 23.2 Å². The summed E-state index contributed by atoms with van der Waals surface area (Å²) in [7, 11) is 5.32. The molecule has 0 amide bonds. The number of carbonyl (C=O) groups excluding carboxylic acids is 1. The Kier molecular flexibility index (Phi) is 6.30. The number of aromatic nitrogens is 2. The number of thioether (sulfide) groups is 1. The van der Waals surface area contributed by atoms with Crippen LogP contribution in [0.4, 0.5) is 22.2 Å². The zero-order chi connectivity index (χ0) is 22.7. The van der Waals surface area contributed by atoms with Gasteiger partial charge in [0.15, 0.2) is 10.1 Å². The standard InChI is InChI=1S/C22H20N6O2S2/c1-27-16-9-5-6-10-17(16)28(2)20(27)14(12-23)18(29)13-31-22-26-25-21(32-22)24-15-8-4-7-11-19(15)30-3/h4-11H,13H2,1-3H3,(H,24,25). The summed E-state index contributed by atoms with van der Waals surface area (Å²) in [6.07, 6.45) is 0. The van der Waals surface area contributed by atoms with Gasteiger partial charge < -0.3 is 19.9 Å². The number of allylic oxidation sites excluding steroid dienone is 1. The molecule has 0 bridgehead atoms. The molecule has 162 valence electrons. The van der Waals surface area contributed by atoms with E-state index in [9.17, 15) is 10.1 Å². The first-order valence-corrected chi connectivity index (χ1v) is 11.4. The number of hydrogen-bond donors (Lipinski definition) is 1. The van der Waals surface area contributed by atoms with Gasteiger partial charge in [-0.2, -0.15) is 5.26 Å². The Hall–Kier alpha value is -3.55. The molecule has 0 unspecified atom stereocenters. The maximum atomic E-state index is 12.9. The average molecular weight is 465 g/mol. The van der Waals surface area contributed by atoms with Crippen molar-refractivity contribution in [3.8, 4) is 11.8 Å². The maximum Gasteiger partial charge on any atom is 0.210 e. The maximum absolute atomic E-state index is 12.9. The third kappa shape index (κ3) is 4.12. The summed E-state index contributed by atoms with van der Waals surface area (Å²) >= 11 is 2.59. The van der Waals surface area contributed by atoms with E-state index in [1.807, 2.05) is 72.4 Å². The second-order valence-corrected chi connectivity index (χ2v) is 9.03. The van der Waals surface area contributed by atoms with Gasteiger partial charge in [-0.05, 0) is 24.3 Å². The predicted molar refractivity (Wildman–Crippen MR) is 128 cm³/mol. The quantitative estimate of drug-likeness (QED) is 0.312. The molecule has 10 heteroatoms. The van der Waals surface area contributed by atoms with E-state index in [1.54, 1.807) is 7.11 Å². The van der Waals surface area contributed by atoms with Gasteiger partial charge >= 0.3 is 0 Å². The van der Waals surface area contributed by atoms with Crippen LogP contribution in [0.5, 0.6) is 5.75 Å². The Balaban J connectivity index is 1.46. The van der Waals surface area contributed by atoms with Crippen molar-refractivity contribution in [3.63, 3.8) is 0 Å². The van der Waals surface area contributed by atoms with E-state index in [-0.39, 0.29) is 17.1 Å². The summed E-state index contributed by atoms with van der Waals surface area (Å²) in [5.41, 5.74) is 2.81. The minimum Gasteiger partial charge on any atom is -0.495 e. The van der Waals surface area contributed by atoms with Gasteiger partial charge in [0.05, 0.1) is 29.9 Å².